The normalized spacial score (nSPS) is 31.5. The first-order chi connectivity index (χ1) is 8.24. The molecule has 3 fully saturated rings. The maximum atomic E-state index is 6.06. The second-order valence-electron chi connectivity index (χ2n) is 5.28. The van der Waals surface area contributed by atoms with Gasteiger partial charge in [0.05, 0.1) is 5.69 Å². The van der Waals surface area contributed by atoms with Crippen molar-refractivity contribution in [1.29, 1.82) is 0 Å². The molecule has 3 aliphatic heterocycles. The topological polar surface area (TPSA) is 54.2 Å². The lowest BCUT2D eigenvalue weighted by molar-refractivity contribution is 0.0974. The van der Waals surface area contributed by atoms with Gasteiger partial charge in [-0.2, -0.15) is 0 Å². The zero-order chi connectivity index (χ0) is 11.8. The quantitative estimate of drug-likeness (QED) is 0.811. The molecule has 0 aromatic carbocycles. The number of nitrogen functional groups attached to an aromatic ring is 1. The number of fused-ring (bicyclic) bond motifs is 3. The van der Waals surface area contributed by atoms with E-state index < -0.39 is 0 Å². The molecule has 0 amide bonds. The van der Waals surface area contributed by atoms with Crippen LogP contribution < -0.4 is 11.1 Å². The zero-order valence-electron chi connectivity index (χ0n) is 10.3. The summed E-state index contributed by atoms with van der Waals surface area (Å²) >= 11 is 0. The Morgan fingerprint density at radius 2 is 2.18 bits per heavy atom. The van der Waals surface area contributed by atoms with Crippen molar-refractivity contribution in [2.24, 2.45) is 5.92 Å². The Hall–Kier alpha value is -1.29. The van der Waals surface area contributed by atoms with Crippen molar-refractivity contribution >= 4 is 11.5 Å². The molecule has 17 heavy (non-hydrogen) atoms. The first kappa shape index (κ1) is 10.8. The summed E-state index contributed by atoms with van der Waals surface area (Å²) in [6, 6.07) is 2.48. The summed E-state index contributed by atoms with van der Waals surface area (Å²) in [6.07, 6.45) is 4.45. The van der Waals surface area contributed by atoms with Gasteiger partial charge in [-0.05, 0) is 50.4 Å². The summed E-state index contributed by atoms with van der Waals surface area (Å²) in [7, 11) is 0. The molecule has 4 heteroatoms. The highest BCUT2D eigenvalue weighted by atomic mass is 15.2. The molecular formula is C13H20N4. The van der Waals surface area contributed by atoms with Crippen LogP contribution in [0.3, 0.4) is 0 Å². The van der Waals surface area contributed by atoms with Gasteiger partial charge in [-0.15, -0.1) is 0 Å². The number of nitrogens with one attached hydrogen (secondary N) is 1. The number of rotatable bonds is 2. The number of pyridine rings is 1. The lowest BCUT2D eigenvalue weighted by Crippen LogP contribution is -2.53. The number of nitrogens with two attached hydrogens (primary N) is 1. The Morgan fingerprint density at radius 1 is 1.41 bits per heavy atom. The first-order valence-corrected chi connectivity index (χ1v) is 6.44. The minimum absolute atomic E-state index is 0.522. The van der Waals surface area contributed by atoms with Gasteiger partial charge in [-0.3, -0.25) is 0 Å². The lowest BCUT2D eigenvalue weighted by atomic mass is 9.84. The van der Waals surface area contributed by atoms with Crippen LogP contribution in [0.2, 0.25) is 0 Å². The van der Waals surface area contributed by atoms with Gasteiger partial charge in [0.25, 0.3) is 0 Å². The number of aryl methyl sites for hydroxylation is 1. The van der Waals surface area contributed by atoms with Gasteiger partial charge >= 0.3 is 0 Å². The van der Waals surface area contributed by atoms with E-state index in [1.165, 1.54) is 25.9 Å². The summed E-state index contributed by atoms with van der Waals surface area (Å²) in [5.74, 6) is 1.66. The van der Waals surface area contributed by atoms with Crippen molar-refractivity contribution in [3.05, 3.63) is 17.8 Å². The highest BCUT2D eigenvalue weighted by molar-refractivity contribution is 5.65. The van der Waals surface area contributed by atoms with Gasteiger partial charge < -0.3 is 16.0 Å². The van der Waals surface area contributed by atoms with Crippen LogP contribution in [0.15, 0.2) is 12.3 Å². The second-order valence-corrected chi connectivity index (χ2v) is 5.28. The van der Waals surface area contributed by atoms with E-state index in [1.54, 1.807) is 0 Å². The van der Waals surface area contributed by atoms with Gasteiger partial charge in [0.1, 0.15) is 5.82 Å². The number of aromatic nitrogens is 1. The van der Waals surface area contributed by atoms with Crippen LogP contribution in [0.4, 0.5) is 11.5 Å². The van der Waals surface area contributed by atoms with E-state index in [-0.39, 0.29) is 0 Å². The standard InChI is InChI=1S/C13H20N4/c1-9-2-5-15-13(12(9)14)16-11-8-17-6-3-10(11)4-7-17/h2,5,10-11H,3-4,6-8,14H2,1H3,(H,15,16). The van der Waals surface area contributed by atoms with E-state index in [9.17, 15) is 0 Å². The van der Waals surface area contributed by atoms with Crippen LogP contribution in [0.1, 0.15) is 18.4 Å². The predicted octanol–water partition coefficient (Wildman–Crippen LogP) is 1.48. The SMILES string of the molecule is Cc1ccnc(NC2CN3CCC2CC3)c1N. The summed E-state index contributed by atoms with van der Waals surface area (Å²) in [6.45, 7) is 5.69. The predicted molar refractivity (Wildman–Crippen MR) is 70.0 cm³/mol. The van der Waals surface area contributed by atoms with E-state index >= 15 is 0 Å². The summed E-state index contributed by atoms with van der Waals surface area (Å²) in [5.41, 5.74) is 7.96. The van der Waals surface area contributed by atoms with Crippen molar-refractivity contribution in [2.45, 2.75) is 25.8 Å². The molecule has 4 rings (SSSR count). The van der Waals surface area contributed by atoms with Crippen LogP contribution >= 0.6 is 0 Å². The van der Waals surface area contributed by atoms with Crippen molar-refractivity contribution < 1.29 is 0 Å². The molecule has 1 atom stereocenters. The highest BCUT2D eigenvalue weighted by Gasteiger charge is 2.34. The average molecular weight is 232 g/mol. The van der Waals surface area contributed by atoms with Gasteiger partial charge in [0.15, 0.2) is 0 Å². The molecule has 0 spiro atoms. The van der Waals surface area contributed by atoms with Crippen LogP contribution in [0.25, 0.3) is 0 Å². The van der Waals surface area contributed by atoms with Gasteiger partial charge in [0.2, 0.25) is 0 Å². The molecule has 92 valence electrons. The minimum atomic E-state index is 0.522. The molecule has 3 saturated heterocycles. The van der Waals surface area contributed by atoms with Crippen molar-refractivity contribution in [2.75, 3.05) is 30.7 Å². The van der Waals surface area contributed by atoms with E-state index in [2.05, 4.69) is 15.2 Å². The second kappa shape index (κ2) is 4.18. The van der Waals surface area contributed by atoms with Crippen LogP contribution in [0.5, 0.6) is 0 Å². The van der Waals surface area contributed by atoms with Gasteiger partial charge in [0, 0.05) is 18.8 Å². The molecule has 4 heterocycles. The monoisotopic (exact) mass is 232 g/mol. The molecule has 0 aliphatic carbocycles. The molecule has 1 aromatic rings. The fourth-order valence-electron chi connectivity index (χ4n) is 2.99. The molecule has 3 N–H and O–H groups in total. The number of nitrogens with zero attached hydrogens (tertiary/aromatic N) is 2. The molecule has 4 nitrogen and oxygen atoms in total. The van der Waals surface area contributed by atoms with E-state index in [0.29, 0.717) is 6.04 Å². The number of hydrogen-bond acceptors (Lipinski definition) is 4. The highest BCUT2D eigenvalue weighted by Crippen LogP contribution is 2.30. The largest absolute Gasteiger partial charge is 0.396 e. The van der Waals surface area contributed by atoms with Crippen LogP contribution in [-0.2, 0) is 0 Å². The molecular weight excluding hydrogens is 212 g/mol. The number of anilines is 2. The number of hydrogen-bond donors (Lipinski definition) is 2. The fourth-order valence-corrected chi connectivity index (χ4v) is 2.99. The molecule has 3 aliphatic rings. The molecule has 0 saturated carbocycles. The third-order valence-corrected chi connectivity index (χ3v) is 4.19. The Balaban J connectivity index is 1.76. The zero-order valence-corrected chi connectivity index (χ0v) is 10.3. The Bertz CT molecular complexity index is 410. The fraction of sp³-hybridized carbons (Fsp3) is 0.615. The summed E-state index contributed by atoms with van der Waals surface area (Å²) < 4.78 is 0. The lowest BCUT2D eigenvalue weighted by Gasteiger charge is -2.45. The summed E-state index contributed by atoms with van der Waals surface area (Å²) in [4.78, 5) is 6.89. The smallest absolute Gasteiger partial charge is 0.149 e. The van der Waals surface area contributed by atoms with Gasteiger partial charge in [-0.25, -0.2) is 4.98 Å². The molecule has 1 aromatic heterocycles. The Labute approximate surface area is 102 Å². The summed E-state index contributed by atoms with van der Waals surface area (Å²) in [5, 5.41) is 3.54. The third-order valence-electron chi connectivity index (χ3n) is 4.19. The van der Waals surface area contributed by atoms with Crippen LogP contribution in [0, 0.1) is 12.8 Å². The molecule has 0 radical (unpaired) electrons. The Kier molecular flexibility index (Phi) is 2.67. The van der Waals surface area contributed by atoms with E-state index in [0.717, 1.165) is 29.5 Å². The molecule has 1 unspecified atom stereocenters. The van der Waals surface area contributed by atoms with Crippen molar-refractivity contribution in [3.8, 4) is 0 Å². The molecule has 2 bridgehead atoms. The number of piperidine rings is 3. The van der Waals surface area contributed by atoms with Crippen LogP contribution in [-0.4, -0.2) is 35.6 Å². The maximum absolute atomic E-state index is 6.06. The van der Waals surface area contributed by atoms with E-state index in [4.69, 9.17) is 5.73 Å². The Morgan fingerprint density at radius 3 is 2.82 bits per heavy atom. The third kappa shape index (κ3) is 1.97. The maximum Gasteiger partial charge on any atom is 0.149 e. The first-order valence-electron chi connectivity index (χ1n) is 6.44. The van der Waals surface area contributed by atoms with E-state index in [1.807, 2.05) is 19.2 Å². The van der Waals surface area contributed by atoms with Gasteiger partial charge in [-0.1, -0.05) is 0 Å². The minimum Gasteiger partial charge on any atom is -0.396 e. The van der Waals surface area contributed by atoms with Crippen molar-refractivity contribution in [3.63, 3.8) is 0 Å². The average Bonchev–Trinajstić information content (AvgIpc) is 2.36. The van der Waals surface area contributed by atoms with Crippen molar-refractivity contribution in [1.82, 2.24) is 9.88 Å².